The highest BCUT2D eigenvalue weighted by molar-refractivity contribution is 5.99. The molecule has 4 nitrogen and oxygen atoms in total. The van der Waals surface area contributed by atoms with E-state index in [1.54, 1.807) is 6.20 Å². The van der Waals surface area contributed by atoms with Crippen molar-refractivity contribution in [3.63, 3.8) is 0 Å². The molecule has 0 saturated carbocycles. The molecule has 10 aromatic rings. The lowest BCUT2D eigenvalue weighted by atomic mass is 9.65. The number of rotatable bonds is 4. The summed E-state index contributed by atoms with van der Waals surface area (Å²) < 4.78 is 0. The molecule has 0 radical (unpaired) electrons. The summed E-state index contributed by atoms with van der Waals surface area (Å²) in [6, 6.07) is 68.8. The normalized spacial score (nSPS) is 15.5. The topological polar surface area (TPSA) is 51.6 Å². The highest BCUT2D eigenvalue weighted by atomic mass is 14.9. The van der Waals surface area contributed by atoms with Crippen molar-refractivity contribution in [2.24, 2.45) is 0 Å². The Bertz CT molecular complexity index is 3520. The molecule has 0 amide bonds. The average molecular weight is 817 g/mol. The number of nitrogens with zero attached hydrogens (tertiary/aromatic N) is 4. The van der Waals surface area contributed by atoms with Crippen LogP contribution in [0.1, 0.15) is 47.2 Å². The number of benzene rings is 7. The number of hydrogen-bond acceptors (Lipinski definition) is 4. The summed E-state index contributed by atoms with van der Waals surface area (Å²) in [5.41, 5.74) is 23.6. The lowest BCUT2D eigenvalue weighted by Crippen LogP contribution is -2.29. The molecule has 3 aromatic heterocycles. The Kier molecular flexibility index (Phi) is 7.83. The summed E-state index contributed by atoms with van der Waals surface area (Å²) in [5, 5.41) is 0. The van der Waals surface area contributed by atoms with Crippen molar-refractivity contribution >= 4 is 0 Å². The van der Waals surface area contributed by atoms with Crippen LogP contribution in [0.4, 0.5) is 0 Å². The predicted octanol–water partition coefficient (Wildman–Crippen LogP) is 14.3. The molecule has 0 N–H and O–H groups in total. The highest BCUT2D eigenvalue weighted by Crippen LogP contribution is 2.64. The lowest BCUT2D eigenvalue weighted by molar-refractivity contribution is 0.660. The van der Waals surface area contributed by atoms with E-state index in [-0.39, 0.29) is 5.41 Å². The second-order valence-electron chi connectivity index (χ2n) is 17.8. The van der Waals surface area contributed by atoms with E-state index in [1.807, 2.05) is 48.8 Å². The summed E-state index contributed by atoms with van der Waals surface area (Å²) in [6.07, 6.45) is 5.53. The van der Waals surface area contributed by atoms with Crippen LogP contribution in [-0.2, 0) is 10.8 Å². The maximum Gasteiger partial charge on any atom is 0.160 e. The molecule has 1 spiro atoms. The number of aromatic nitrogens is 4. The van der Waals surface area contributed by atoms with Crippen LogP contribution in [0.15, 0.2) is 207 Å². The Balaban J connectivity index is 1.10. The van der Waals surface area contributed by atoms with Gasteiger partial charge < -0.3 is 0 Å². The smallest absolute Gasteiger partial charge is 0.160 e. The number of fused-ring (bicyclic) bond motifs is 15. The molecule has 3 aliphatic carbocycles. The maximum atomic E-state index is 5.38. The van der Waals surface area contributed by atoms with Gasteiger partial charge in [0.2, 0.25) is 0 Å². The van der Waals surface area contributed by atoms with Gasteiger partial charge in [-0.15, -0.1) is 0 Å². The molecule has 0 bridgehead atoms. The van der Waals surface area contributed by atoms with Crippen molar-refractivity contribution in [2.75, 3.05) is 0 Å². The van der Waals surface area contributed by atoms with Crippen LogP contribution in [0.5, 0.6) is 0 Å². The fourth-order valence-corrected chi connectivity index (χ4v) is 11.1. The molecule has 7 aromatic carbocycles. The Morgan fingerprint density at radius 2 is 0.844 bits per heavy atom. The summed E-state index contributed by atoms with van der Waals surface area (Å²) >= 11 is 0. The van der Waals surface area contributed by atoms with E-state index in [0.29, 0.717) is 5.82 Å². The molecule has 3 heterocycles. The SMILES string of the molecule is CC1(C)c2ccccc2-c2cc3c(cc21)-c1ccccc1C31c2ccccc2-c2ccccc2-c2ccc(-c3cc(-c4ccc(-c5cccnc5)nc4)nc(-c4ccccc4)n3)cc21. The van der Waals surface area contributed by atoms with Gasteiger partial charge in [0.1, 0.15) is 0 Å². The first-order chi connectivity index (χ1) is 31.5. The second-order valence-corrected chi connectivity index (χ2v) is 17.8. The second kappa shape index (κ2) is 13.7. The van der Waals surface area contributed by atoms with Gasteiger partial charge in [0.25, 0.3) is 0 Å². The largest absolute Gasteiger partial charge is 0.264 e. The Labute approximate surface area is 372 Å². The van der Waals surface area contributed by atoms with Crippen LogP contribution in [0.2, 0.25) is 0 Å². The minimum absolute atomic E-state index is 0.135. The van der Waals surface area contributed by atoms with Gasteiger partial charge in [-0.1, -0.05) is 153 Å². The van der Waals surface area contributed by atoms with Crippen molar-refractivity contribution in [3.8, 4) is 89.7 Å². The van der Waals surface area contributed by atoms with E-state index in [4.69, 9.17) is 15.0 Å². The van der Waals surface area contributed by atoms with Crippen molar-refractivity contribution in [2.45, 2.75) is 24.7 Å². The van der Waals surface area contributed by atoms with Crippen molar-refractivity contribution in [1.82, 2.24) is 19.9 Å². The molecule has 4 heteroatoms. The van der Waals surface area contributed by atoms with Crippen molar-refractivity contribution < 1.29 is 0 Å². The van der Waals surface area contributed by atoms with Gasteiger partial charge >= 0.3 is 0 Å². The minimum atomic E-state index is -0.659. The molecule has 300 valence electrons. The maximum absolute atomic E-state index is 5.38. The van der Waals surface area contributed by atoms with Gasteiger partial charge in [0.05, 0.1) is 22.5 Å². The van der Waals surface area contributed by atoms with Crippen molar-refractivity contribution in [1.29, 1.82) is 0 Å². The van der Waals surface area contributed by atoms with E-state index in [2.05, 4.69) is 170 Å². The zero-order valence-corrected chi connectivity index (χ0v) is 35.4. The van der Waals surface area contributed by atoms with Gasteiger partial charge in [0.15, 0.2) is 5.82 Å². The summed E-state index contributed by atoms with van der Waals surface area (Å²) in [5.74, 6) is 0.665. The first-order valence-corrected chi connectivity index (χ1v) is 22.0. The van der Waals surface area contributed by atoms with Crippen LogP contribution in [0.25, 0.3) is 89.7 Å². The van der Waals surface area contributed by atoms with Crippen LogP contribution < -0.4 is 0 Å². The van der Waals surface area contributed by atoms with E-state index in [0.717, 1.165) is 39.3 Å². The van der Waals surface area contributed by atoms with Crippen LogP contribution >= 0.6 is 0 Å². The third-order valence-electron chi connectivity index (χ3n) is 14.1. The van der Waals surface area contributed by atoms with Crippen LogP contribution in [-0.4, -0.2) is 19.9 Å². The van der Waals surface area contributed by atoms with E-state index in [1.165, 1.54) is 77.9 Å². The molecule has 13 rings (SSSR count). The molecule has 64 heavy (non-hydrogen) atoms. The van der Waals surface area contributed by atoms with Gasteiger partial charge in [-0.05, 0) is 126 Å². The van der Waals surface area contributed by atoms with E-state index < -0.39 is 5.41 Å². The number of hydrogen-bond donors (Lipinski definition) is 0. The van der Waals surface area contributed by atoms with E-state index in [9.17, 15) is 0 Å². The molecule has 1 atom stereocenters. The van der Waals surface area contributed by atoms with Gasteiger partial charge in [-0.25, -0.2) is 9.97 Å². The predicted molar refractivity (Wildman–Crippen MR) is 259 cm³/mol. The molecule has 0 saturated heterocycles. The Morgan fingerprint density at radius 1 is 0.328 bits per heavy atom. The lowest BCUT2D eigenvalue weighted by Gasteiger charge is -2.36. The fourth-order valence-electron chi connectivity index (χ4n) is 11.1. The summed E-state index contributed by atoms with van der Waals surface area (Å²) in [4.78, 5) is 19.8. The molecular formula is C60H40N4. The molecular weight excluding hydrogens is 777 g/mol. The minimum Gasteiger partial charge on any atom is -0.264 e. The monoisotopic (exact) mass is 816 g/mol. The quantitative estimate of drug-likeness (QED) is 0.178. The van der Waals surface area contributed by atoms with Gasteiger partial charge in [-0.3, -0.25) is 9.97 Å². The average Bonchev–Trinajstić information content (AvgIpc) is 3.73. The third-order valence-corrected chi connectivity index (χ3v) is 14.1. The van der Waals surface area contributed by atoms with Crippen molar-refractivity contribution in [3.05, 3.63) is 240 Å². The molecule has 1 unspecified atom stereocenters. The van der Waals surface area contributed by atoms with Gasteiger partial charge in [-0.2, -0.15) is 0 Å². The first kappa shape index (κ1) is 36.6. The van der Waals surface area contributed by atoms with Crippen LogP contribution in [0.3, 0.4) is 0 Å². The third kappa shape index (κ3) is 5.17. The fraction of sp³-hybridized carbons (Fsp3) is 0.0667. The summed E-state index contributed by atoms with van der Waals surface area (Å²) in [7, 11) is 0. The van der Waals surface area contributed by atoms with E-state index >= 15 is 0 Å². The zero-order valence-electron chi connectivity index (χ0n) is 35.4. The van der Waals surface area contributed by atoms with Gasteiger partial charge in [0, 0.05) is 46.3 Å². The zero-order chi connectivity index (χ0) is 42.6. The highest BCUT2D eigenvalue weighted by Gasteiger charge is 2.51. The first-order valence-electron chi connectivity index (χ1n) is 22.0. The van der Waals surface area contributed by atoms with Crippen LogP contribution in [0, 0.1) is 0 Å². The molecule has 0 aliphatic heterocycles. The summed E-state index contributed by atoms with van der Waals surface area (Å²) in [6.45, 7) is 4.76. The number of pyridine rings is 2. The molecule has 0 fully saturated rings. The Hall–Kier alpha value is -8.08. The Morgan fingerprint density at radius 3 is 1.52 bits per heavy atom. The molecule has 3 aliphatic rings. The standard InChI is InChI=1S/C60H40N4/c1-59(2)49-23-11-8-21-44(49)47-33-54-48(32-52(47)59)45-22-10-13-25-51(45)60(54)50-24-12-9-20-43(50)41-18-6-7-19-42(41)46-28-26-38(31-53(46)60)56-34-57(64-58(63-56)37-15-4-3-5-16-37)40-27-29-55(62-36-40)39-17-14-30-61-35-39/h3-36H,1-2H3.